The van der Waals surface area contributed by atoms with E-state index in [1.54, 1.807) is 29.2 Å². The van der Waals surface area contributed by atoms with Crippen LogP contribution in [0.1, 0.15) is 61.4 Å². The number of fused-ring (bicyclic) bond motifs is 1. The van der Waals surface area contributed by atoms with Crippen LogP contribution in [0.5, 0.6) is 0 Å². The molecule has 3 N–H and O–H groups in total. The van der Waals surface area contributed by atoms with Crippen molar-refractivity contribution in [3.05, 3.63) is 59.8 Å². The van der Waals surface area contributed by atoms with Gasteiger partial charge in [-0.05, 0) is 49.1 Å². The Hall–Kier alpha value is -3.96. The molecule has 0 saturated heterocycles. The van der Waals surface area contributed by atoms with Crippen LogP contribution in [0.2, 0.25) is 0 Å². The fourth-order valence-electron chi connectivity index (χ4n) is 3.73. The number of nitrogens with two attached hydrogens (primary N) is 1. The quantitative estimate of drug-likeness (QED) is 0.406. The molecule has 2 atom stereocenters. The molecular weight excluding hydrogens is 461 g/mol. The van der Waals surface area contributed by atoms with Crippen LogP contribution in [-0.2, 0) is 6.18 Å². The van der Waals surface area contributed by atoms with Gasteiger partial charge in [0.15, 0.2) is 5.65 Å². The number of nitrogens with zero attached hydrogens (tertiary/aromatic N) is 6. The zero-order valence-corrected chi connectivity index (χ0v) is 19.4. The normalized spacial score (nSPS) is 13.7. The van der Waals surface area contributed by atoms with Gasteiger partial charge in [-0.2, -0.15) is 23.3 Å². The summed E-state index contributed by atoms with van der Waals surface area (Å²) in [6.45, 7) is 5.78. The maximum Gasteiger partial charge on any atom is 0.433 e. The molecule has 4 aromatic rings. The maximum atomic E-state index is 12.9. The van der Waals surface area contributed by atoms with E-state index >= 15 is 0 Å². The van der Waals surface area contributed by atoms with Crippen LogP contribution in [0, 0.1) is 0 Å². The zero-order valence-electron chi connectivity index (χ0n) is 19.4. The van der Waals surface area contributed by atoms with Crippen molar-refractivity contribution < 1.29 is 18.0 Å². The van der Waals surface area contributed by atoms with E-state index in [4.69, 9.17) is 5.73 Å². The number of hydrogen-bond acceptors (Lipinski definition) is 6. The van der Waals surface area contributed by atoms with Gasteiger partial charge >= 0.3 is 6.18 Å². The average Bonchev–Trinajstić information content (AvgIpc) is 3.44. The van der Waals surface area contributed by atoms with Gasteiger partial charge in [0, 0.05) is 24.0 Å². The van der Waals surface area contributed by atoms with Gasteiger partial charge in [0.2, 0.25) is 5.95 Å². The third-order valence-corrected chi connectivity index (χ3v) is 5.78. The van der Waals surface area contributed by atoms with Crippen LogP contribution in [-0.4, -0.2) is 41.3 Å². The van der Waals surface area contributed by atoms with E-state index in [2.05, 4.69) is 25.5 Å². The lowest BCUT2D eigenvalue weighted by molar-refractivity contribution is -0.141. The highest BCUT2D eigenvalue weighted by atomic mass is 19.4. The van der Waals surface area contributed by atoms with Gasteiger partial charge in [-0.25, -0.2) is 4.52 Å². The predicted molar refractivity (Wildman–Crippen MR) is 124 cm³/mol. The third-order valence-electron chi connectivity index (χ3n) is 5.78. The summed E-state index contributed by atoms with van der Waals surface area (Å²) in [5.74, 6) is -0.276. The number of anilines is 1. The Kier molecular flexibility index (Phi) is 6.46. The Labute approximate surface area is 199 Å². The first-order chi connectivity index (χ1) is 16.6. The summed E-state index contributed by atoms with van der Waals surface area (Å²) in [7, 11) is 0. The summed E-state index contributed by atoms with van der Waals surface area (Å²) >= 11 is 0. The highest BCUT2D eigenvalue weighted by Crippen LogP contribution is 2.30. The van der Waals surface area contributed by atoms with E-state index in [-0.39, 0.29) is 29.6 Å². The van der Waals surface area contributed by atoms with E-state index < -0.39 is 11.9 Å². The van der Waals surface area contributed by atoms with Gasteiger partial charge < -0.3 is 11.1 Å². The maximum absolute atomic E-state index is 12.9. The Morgan fingerprint density at radius 3 is 2.54 bits per heavy atom. The molecular formula is C23H25F3N8O. The number of pyridine rings is 2. The Balaban J connectivity index is 1.69. The predicted octanol–water partition coefficient (Wildman–Crippen LogP) is 4.12. The van der Waals surface area contributed by atoms with Crippen LogP contribution < -0.4 is 11.1 Å². The lowest BCUT2D eigenvalue weighted by Crippen LogP contribution is -2.33. The number of carbonyl (C=O) groups excluding carboxylic acids is 1. The fourth-order valence-corrected chi connectivity index (χ4v) is 3.73. The fraction of sp³-hybridized carbons (Fsp3) is 0.348. The van der Waals surface area contributed by atoms with Crippen molar-refractivity contribution in [3.63, 3.8) is 0 Å². The third kappa shape index (κ3) is 4.96. The van der Waals surface area contributed by atoms with E-state index in [0.29, 0.717) is 28.8 Å². The molecule has 1 amide bonds. The van der Waals surface area contributed by atoms with Crippen LogP contribution in [0.4, 0.5) is 19.1 Å². The molecule has 184 valence electrons. The molecule has 35 heavy (non-hydrogen) atoms. The molecule has 0 radical (unpaired) electrons. The van der Waals surface area contributed by atoms with Gasteiger partial charge in [-0.1, -0.05) is 19.9 Å². The molecule has 0 fully saturated rings. The summed E-state index contributed by atoms with van der Waals surface area (Å²) in [6, 6.07) is 5.44. The van der Waals surface area contributed by atoms with Crippen molar-refractivity contribution in [2.24, 2.45) is 0 Å². The van der Waals surface area contributed by atoms with Gasteiger partial charge in [-0.15, -0.1) is 5.10 Å². The first-order valence-electron chi connectivity index (χ1n) is 11.2. The molecule has 0 aliphatic rings. The number of rotatable bonds is 7. The topological polar surface area (TPSA) is 116 Å². The molecule has 4 heterocycles. The van der Waals surface area contributed by atoms with Gasteiger partial charge in [0.05, 0.1) is 12.2 Å². The molecule has 9 nitrogen and oxygen atoms in total. The molecule has 0 aliphatic heterocycles. The molecule has 4 rings (SSSR count). The highest BCUT2D eigenvalue weighted by molar-refractivity contribution is 5.95. The summed E-state index contributed by atoms with van der Waals surface area (Å²) in [5, 5.41) is 11.5. The smallest absolute Gasteiger partial charge is 0.366 e. The summed E-state index contributed by atoms with van der Waals surface area (Å²) in [6.07, 6.45) is 1.47. The summed E-state index contributed by atoms with van der Waals surface area (Å²) in [5.41, 5.74) is 7.48. The van der Waals surface area contributed by atoms with E-state index in [1.807, 2.05) is 20.8 Å². The van der Waals surface area contributed by atoms with Gasteiger partial charge in [-0.3, -0.25) is 14.5 Å². The molecule has 0 saturated carbocycles. The lowest BCUT2D eigenvalue weighted by atomic mass is 10.1. The number of hydrogen-bond donors (Lipinski definition) is 2. The molecule has 0 bridgehead atoms. The van der Waals surface area contributed by atoms with Gasteiger partial charge in [0.25, 0.3) is 5.91 Å². The number of halogens is 3. The molecule has 0 spiro atoms. The number of amides is 1. The zero-order chi connectivity index (χ0) is 25.3. The second-order valence-corrected chi connectivity index (χ2v) is 8.26. The first kappa shape index (κ1) is 24.2. The van der Waals surface area contributed by atoms with Crippen molar-refractivity contribution in [3.8, 4) is 11.1 Å². The van der Waals surface area contributed by atoms with Crippen molar-refractivity contribution in [2.75, 3.05) is 5.73 Å². The van der Waals surface area contributed by atoms with Crippen molar-refractivity contribution in [2.45, 2.75) is 51.9 Å². The molecule has 0 aromatic carbocycles. The number of alkyl halides is 3. The second kappa shape index (κ2) is 9.35. The van der Waals surface area contributed by atoms with Gasteiger partial charge in [0.1, 0.15) is 11.4 Å². The van der Waals surface area contributed by atoms with Crippen LogP contribution >= 0.6 is 0 Å². The van der Waals surface area contributed by atoms with Crippen LogP contribution in [0.25, 0.3) is 16.8 Å². The lowest BCUT2D eigenvalue weighted by Gasteiger charge is -2.16. The largest absolute Gasteiger partial charge is 0.433 e. The Morgan fingerprint density at radius 1 is 1.14 bits per heavy atom. The Bertz CT molecular complexity index is 1340. The van der Waals surface area contributed by atoms with E-state index in [9.17, 15) is 18.0 Å². The second-order valence-electron chi connectivity index (χ2n) is 8.26. The highest BCUT2D eigenvalue weighted by Gasteiger charge is 2.32. The minimum Gasteiger partial charge on any atom is -0.366 e. The standard InChI is InChI=1S/C23H25F3N8O/c1-4-13(3)30-21(35)18-8-15(9-20-31-22(27)32-34(18)20)16-11-29-33(12-16)17(5-2)14-6-7-19(28-10-14)23(24,25)26/h6-13,17H,4-5H2,1-3H3,(H2,27,32)(H,30,35). The van der Waals surface area contributed by atoms with Crippen LogP contribution in [0.3, 0.4) is 0 Å². The molecule has 0 aliphatic carbocycles. The monoisotopic (exact) mass is 486 g/mol. The summed E-state index contributed by atoms with van der Waals surface area (Å²) in [4.78, 5) is 20.7. The molecule has 2 unspecified atom stereocenters. The van der Waals surface area contributed by atoms with Crippen LogP contribution in [0.15, 0.2) is 42.9 Å². The number of carbonyl (C=O) groups is 1. The van der Waals surface area contributed by atoms with Crippen molar-refractivity contribution >= 4 is 17.5 Å². The molecule has 4 aromatic heterocycles. The number of aromatic nitrogens is 6. The Morgan fingerprint density at radius 2 is 1.91 bits per heavy atom. The van der Waals surface area contributed by atoms with E-state index in [1.165, 1.54) is 16.8 Å². The molecule has 12 heteroatoms. The average molecular weight is 487 g/mol. The number of nitrogen functional groups attached to an aromatic ring is 1. The first-order valence-corrected chi connectivity index (χ1v) is 11.2. The number of nitrogens with one attached hydrogen (secondary N) is 1. The van der Waals surface area contributed by atoms with Crippen molar-refractivity contribution in [1.29, 1.82) is 0 Å². The van der Waals surface area contributed by atoms with Crippen molar-refractivity contribution in [1.82, 2.24) is 34.7 Å². The summed E-state index contributed by atoms with van der Waals surface area (Å²) < 4.78 is 41.7. The SMILES string of the molecule is CCC(C)NC(=O)c1cc(-c2cnn(C(CC)c3ccc(C(F)(F)F)nc3)c2)cc2nc(N)nn12. The van der Waals surface area contributed by atoms with E-state index in [0.717, 1.165) is 12.5 Å². The minimum absolute atomic E-state index is 0.0347. The minimum atomic E-state index is -4.50.